The lowest BCUT2D eigenvalue weighted by Gasteiger charge is -2.39. The van der Waals surface area contributed by atoms with E-state index in [0.29, 0.717) is 6.61 Å². The van der Waals surface area contributed by atoms with Crippen LogP contribution < -0.4 is 5.32 Å². The zero-order valence-electron chi connectivity index (χ0n) is 10.2. The molecule has 0 unspecified atom stereocenters. The molecule has 2 rings (SSSR count). The van der Waals surface area contributed by atoms with Gasteiger partial charge in [-0.1, -0.05) is 35.8 Å². The van der Waals surface area contributed by atoms with Gasteiger partial charge >= 0.3 is 6.09 Å². The highest BCUT2D eigenvalue weighted by Crippen LogP contribution is 2.38. The molecule has 92 valence electrons. The van der Waals surface area contributed by atoms with Crippen LogP contribution in [0.15, 0.2) is 22.7 Å². The van der Waals surface area contributed by atoms with E-state index in [-0.39, 0.29) is 17.6 Å². The lowest BCUT2D eigenvalue weighted by Crippen LogP contribution is -2.47. The Labute approximate surface area is 110 Å². The molecule has 1 saturated heterocycles. The zero-order valence-corrected chi connectivity index (χ0v) is 11.8. The monoisotopic (exact) mass is 297 g/mol. The van der Waals surface area contributed by atoms with E-state index in [0.717, 1.165) is 10.0 Å². The van der Waals surface area contributed by atoms with Crippen LogP contribution in [0.1, 0.15) is 31.0 Å². The highest BCUT2D eigenvalue weighted by molar-refractivity contribution is 9.10. The summed E-state index contributed by atoms with van der Waals surface area (Å²) >= 11 is 3.47. The number of benzene rings is 1. The van der Waals surface area contributed by atoms with Crippen molar-refractivity contribution >= 4 is 22.0 Å². The zero-order chi connectivity index (χ0) is 12.6. The second-order valence-corrected chi connectivity index (χ2v) is 6.06. The van der Waals surface area contributed by atoms with Crippen molar-refractivity contribution in [1.29, 1.82) is 0 Å². The molecule has 1 aliphatic rings. The average molecular weight is 298 g/mol. The number of rotatable bonds is 1. The standard InChI is InChI=1S/C13H16BrNO2/c1-8-4-5-9(14)6-10(8)11-13(2,3)7-17-12(16)15-11/h4-6,11H,7H2,1-3H3,(H,15,16)/t11-/m1/s1. The van der Waals surface area contributed by atoms with Gasteiger partial charge in [0.2, 0.25) is 0 Å². The third kappa shape index (κ3) is 2.46. The molecule has 4 heteroatoms. The van der Waals surface area contributed by atoms with Crippen molar-refractivity contribution in [3.05, 3.63) is 33.8 Å². The Hall–Kier alpha value is -1.03. The molecule has 0 bridgehead atoms. The van der Waals surface area contributed by atoms with Crippen molar-refractivity contribution in [2.45, 2.75) is 26.8 Å². The maximum Gasteiger partial charge on any atom is 0.407 e. The van der Waals surface area contributed by atoms with E-state index in [1.807, 2.05) is 6.07 Å². The first kappa shape index (κ1) is 12.4. The lowest BCUT2D eigenvalue weighted by molar-refractivity contribution is 0.0385. The molecular weight excluding hydrogens is 282 g/mol. The normalized spacial score (nSPS) is 22.8. The van der Waals surface area contributed by atoms with Crippen LogP contribution in [0.3, 0.4) is 0 Å². The maximum absolute atomic E-state index is 11.4. The van der Waals surface area contributed by atoms with Gasteiger partial charge in [-0.25, -0.2) is 4.79 Å². The second-order valence-electron chi connectivity index (χ2n) is 5.14. The summed E-state index contributed by atoms with van der Waals surface area (Å²) < 4.78 is 6.08. The van der Waals surface area contributed by atoms with Crippen molar-refractivity contribution in [3.63, 3.8) is 0 Å². The van der Waals surface area contributed by atoms with Gasteiger partial charge in [0.25, 0.3) is 0 Å². The number of alkyl carbamates (subject to hydrolysis) is 1. The Balaban J connectivity index is 2.42. The van der Waals surface area contributed by atoms with E-state index >= 15 is 0 Å². The van der Waals surface area contributed by atoms with Crippen LogP contribution in [0.5, 0.6) is 0 Å². The van der Waals surface area contributed by atoms with Crippen LogP contribution in [-0.4, -0.2) is 12.7 Å². The Morgan fingerprint density at radius 1 is 1.47 bits per heavy atom. The van der Waals surface area contributed by atoms with Gasteiger partial charge in [0, 0.05) is 9.89 Å². The Morgan fingerprint density at radius 2 is 2.18 bits per heavy atom. The van der Waals surface area contributed by atoms with E-state index in [1.165, 1.54) is 5.56 Å². The summed E-state index contributed by atoms with van der Waals surface area (Å²) in [4.78, 5) is 11.4. The van der Waals surface area contributed by atoms with Gasteiger partial charge in [0.05, 0.1) is 6.04 Å². The topological polar surface area (TPSA) is 38.3 Å². The van der Waals surface area contributed by atoms with Crippen LogP contribution in [0.2, 0.25) is 0 Å². The lowest BCUT2D eigenvalue weighted by atomic mass is 9.79. The van der Waals surface area contributed by atoms with Crippen LogP contribution in [0.4, 0.5) is 4.79 Å². The highest BCUT2D eigenvalue weighted by atomic mass is 79.9. The van der Waals surface area contributed by atoms with Gasteiger partial charge in [-0.3, -0.25) is 0 Å². The summed E-state index contributed by atoms with van der Waals surface area (Å²) in [7, 11) is 0. The molecule has 17 heavy (non-hydrogen) atoms. The number of aryl methyl sites for hydroxylation is 1. The number of cyclic esters (lactones) is 1. The van der Waals surface area contributed by atoms with Gasteiger partial charge in [-0.2, -0.15) is 0 Å². The van der Waals surface area contributed by atoms with Crippen molar-refractivity contribution in [1.82, 2.24) is 5.32 Å². The van der Waals surface area contributed by atoms with Gasteiger partial charge in [0.1, 0.15) is 6.61 Å². The van der Waals surface area contributed by atoms with Crippen molar-refractivity contribution in [3.8, 4) is 0 Å². The number of carbonyl (C=O) groups is 1. The molecule has 0 spiro atoms. The molecule has 1 heterocycles. The minimum Gasteiger partial charge on any atom is -0.449 e. The summed E-state index contributed by atoms with van der Waals surface area (Å²) in [5, 5.41) is 2.91. The quantitative estimate of drug-likeness (QED) is 0.861. The van der Waals surface area contributed by atoms with Crippen LogP contribution in [-0.2, 0) is 4.74 Å². The Kier molecular flexibility index (Phi) is 3.17. The number of hydrogen-bond acceptors (Lipinski definition) is 2. The molecule has 0 saturated carbocycles. The number of halogens is 1. The number of nitrogens with one attached hydrogen (secondary N) is 1. The first-order valence-electron chi connectivity index (χ1n) is 5.59. The van der Waals surface area contributed by atoms with E-state index in [9.17, 15) is 4.79 Å². The largest absolute Gasteiger partial charge is 0.449 e. The first-order chi connectivity index (χ1) is 7.90. The second kappa shape index (κ2) is 4.33. The smallest absolute Gasteiger partial charge is 0.407 e. The predicted molar refractivity (Wildman–Crippen MR) is 69.9 cm³/mol. The summed E-state index contributed by atoms with van der Waals surface area (Å²) in [6, 6.07) is 6.11. The fourth-order valence-corrected chi connectivity index (χ4v) is 2.49. The fraction of sp³-hybridized carbons (Fsp3) is 0.462. The van der Waals surface area contributed by atoms with E-state index < -0.39 is 0 Å². The first-order valence-corrected chi connectivity index (χ1v) is 6.39. The predicted octanol–water partition coefficient (Wildman–Crippen LogP) is 3.56. The van der Waals surface area contributed by atoms with Crippen LogP contribution >= 0.6 is 15.9 Å². The highest BCUT2D eigenvalue weighted by Gasteiger charge is 2.38. The van der Waals surface area contributed by atoms with E-state index in [1.54, 1.807) is 0 Å². The van der Waals surface area contributed by atoms with Crippen LogP contribution in [0.25, 0.3) is 0 Å². The van der Waals surface area contributed by atoms with Gasteiger partial charge in [0.15, 0.2) is 0 Å². The third-order valence-corrected chi connectivity index (χ3v) is 3.66. The minimum atomic E-state index is -0.339. The molecule has 1 amide bonds. The third-order valence-electron chi connectivity index (χ3n) is 3.17. The average Bonchev–Trinajstić information content (AvgIpc) is 2.26. The van der Waals surface area contributed by atoms with Crippen LogP contribution in [0, 0.1) is 12.3 Å². The van der Waals surface area contributed by atoms with Crippen molar-refractivity contribution in [2.24, 2.45) is 5.41 Å². The Morgan fingerprint density at radius 3 is 2.88 bits per heavy atom. The fourth-order valence-electron chi connectivity index (χ4n) is 2.11. The molecule has 0 aromatic heterocycles. The van der Waals surface area contributed by atoms with Crippen molar-refractivity contribution < 1.29 is 9.53 Å². The summed E-state index contributed by atoms with van der Waals surface area (Å²) in [6.45, 7) is 6.68. The molecule has 0 aliphatic carbocycles. The molecule has 1 fully saturated rings. The van der Waals surface area contributed by atoms with Gasteiger partial charge < -0.3 is 10.1 Å². The number of hydrogen-bond donors (Lipinski definition) is 1. The van der Waals surface area contributed by atoms with E-state index in [2.05, 4.69) is 54.2 Å². The minimum absolute atomic E-state index is 0.0127. The number of carbonyl (C=O) groups excluding carboxylic acids is 1. The molecule has 1 atom stereocenters. The van der Waals surface area contributed by atoms with Crippen molar-refractivity contribution in [2.75, 3.05) is 6.61 Å². The molecule has 1 aromatic rings. The summed E-state index contributed by atoms with van der Waals surface area (Å²) in [5.41, 5.74) is 2.20. The molecule has 0 radical (unpaired) electrons. The molecule has 1 aliphatic heterocycles. The molecule has 1 N–H and O–H groups in total. The number of amides is 1. The SMILES string of the molecule is Cc1ccc(Br)cc1[C@H]1NC(=O)OCC1(C)C. The summed E-state index contributed by atoms with van der Waals surface area (Å²) in [6.07, 6.45) is -0.339. The number of ether oxygens (including phenoxy) is 1. The van der Waals surface area contributed by atoms with Gasteiger partial charge in [-0.15, -0.1) is 0 Å². The summed E-state index contributed by atoms with van der Waals surface area (Å²) in [5.74, 6) is 0. The molecule has 1 aromatic carbocycles. The molecular formula is C13H16BrNO2. The Bertz CT molecular complexity index is 457. The maximum atomic E-state index is 11.4. The van der Waals surface area contributed by atoms with Gasteiger partial charge in [-0.05, 0) is 30.2 Å². The molecule has 3 nitrogen and oxygen atoms in total. The van der Waals surface area contributed by atoms with E-state index in [4.69, 9.17) is 4.74 Å².